The standard InChI is InChI=1S/C13H12ClN3O4/c1-7-5-11(17-21-7)16-13(19)12(18)15-9-6-8(14)3-4-10(9)20-2/h3-6H,1-2H3,(H,15,18)(H,16,17,19). The number of anilines is 2. The van der Waals surface area contributed by atoms with Crippen LogP contribution in [-0.4, -0.2) is 24.1 Å². The molecule has 0 bridgehead atoms. The zero-order chi connectivity index (χ0) is 15.4. The van der Waals surface area contributed by atoms with Crippen molar-refractivity contribution >= 4 is 34.9 Å². The van der Waals surface area contributed by atoms with E-state index in [2.05, 4.69) is 15.8 Å². The lowest BCUT2D eigenvalue weighted by molar-refractivity contribution is -0.133. The van der Waals surface area contributed by atoms with Gasteiger partial charge in [0.15, 0.2) is 5.82 Å². The molecule has 2 rings (SSSR count). The Morgan fingerprint density at radius 1 is 1.24 bits per heavy atom. The fourth-order valence-electron chi connectivity index (χ4n) is 1.56. The Balaban J connectivity index is 2.07. The molecule has 0 aliphatic carbocycles. The van der Waals surface area contributed by atoms with E-state index in [0.717, 1.165) is 0 Å². The van der Waals surface area contributed by atoms with E-state index in [1.165, 1.54) is 19.2 Å². The minimum Gasteiger partial charge on any atom is -0.495 e. The van der Waals surface area contributed by atoms with E-state index < -0.39 is 11.8 Å². The van der Waals surface area contributed by atoms with Gasteiger partial charge in [-0.15, -0.1) is 0 Å². The average Bonchev–Trinajstić information content (AvgIpc) is 2.84. The third-order valence-corrected chi connectivity index (χ3v) is 2.72. The number of rotatable bonds is 3. The Morgan fingerprint density at radius 2 is 1.95 bits per heavy atom. The number of methoxy groups -OCH3 is 1. The van der Waals surface area contributed by atoms with Crippen molar-refractivity contribution in [2.45, 2.75) is 6.92 Å². The second-order valence-electron chi connectivity index (χ2n) is 4.08. The molecule has 2 aromatic rings. The summed E-state index contributed by atoms with van der Waals surface area (Å²) in [6, 6.07) is 6.15. The largest absolute Gasteiger partial charge is 0.495 e. The van der Waals surface area contributed by atoms with Gasteiger partial charge in [-0.25, -0.2) is 0 Å². The summed E-state index contributed by atoms with van der Waals surface area (Å²) in [5, 5.41) is 8.68. The van der Waals surface area contributed by atoms with Crippen molar-refractivity contribution in [3.8, 4) is 5.75 Å². The average molecular weight is 310 g/mol. The monoisotopic (exact) mass is 309 g/mol. The van der Waals surface area contributed by atoms with Gasteiger partial charge in [-0.1, -0.05) is 16.8 Å². The summed E-state index contributed by atoms with van der Waals surface area (Å²) in [4.78, 5) is 23.6. The molecule has 0 radical (unpaired) electrons. The second-order valence-corrected chi connectivity index (χ2v) is 4.51. The van der Waals surface area contributed by atoms with Crippen LogP contribution in [0.2, 0.25) is 5.02 Å². The number of aromatic nitrogens is 1. The van der Waals surface area contributed by atoms with Gasteiger partial charge in [-0.2, -0.15) is 0 Å². The van der Waals surface area contributed by atoms with Crippen LogP contribution in [0.5, 0.6) is 5.75 Å². The highest BCUT2D eigenvalue weighted by Crippen LogP contribution is 2.27. The summed E-state index contributed by atoms with van der Waals surface area (Å²) in [5.74, 6) is -0.702. The van der Waals surface area contributed by atoms with Gasteiger partial charge < -0.3 is 14.6 Å². The van der Waals surface area contributed by atoms with E-state index >= 15 is 0 Å². The number of nitrogens with zero attached hydrogens (tertiary/aromatic N) is 1. The zero-order valence-electron chi connectivity index (χ0n) is 11.3. The summed E-state index contributed by atoms with van der Waals surface area (Å²) in [5.41, 5.74) is 0.293. The topological polar surface area (TPSA) is 93.5 Å². The van der Waals surface area contributed by atoms with Crippen LogP contribution in [0.15, 0.2) is 28.8 Å². The van der Waals surface area contributed by atoms with E-state index in [-0.39, 0.29) is 5.82 Å². The van der Waals surface area contributed by atoms with E-state index in [0.29, 0.717) is 22.2 Å². The van der Waals surface area contributed by atoms with Crippen molar-refractivity contribution in [3.05, 3.63) is 35.0 Å². The number of halogens is 1. The molecule has 2 amide bonds. The van der Waals surface area contributed by atoms with Crippen LogP contribution < -0.4 is 15.4 Å². The molecule has 2 N–H and O–H groups in total. The zero-order valence-corrected chi connectivity index (χ0v) is 12.0. The minimum absolute atomic E-state index is 0.158. The number of benzene rings is 1. The molecule has 0 unspecified atom stereocenters. The van der Waals surface area contributed by atoms with Gasteiger partial charge in [0.1, 0.15) is 11.5 Å². The Hall–Kier alpha value is -2.54. The maximum absolute atomic E-state index is 11.8. The molecule has 1 aromatic carbocycles. The van der Waals surface area contributed by atoms with Crippen LogP contribution in [0.3, 0.4) is 0 Å². The van der Waals surface area contributed by atoms with Crippen molar-refractivity contribution in [3.63, 3.8) is 0 Å². The maximum atomic E-state index is 11.8. The van der Waals surface area contributed by atoms with Crippen molar-refractivity contribution in [1.29, 1.82) is 0 Å². The van der Waals surface area contributed by atoms with Crippen molar-refractivity contribution < 1.29 is 18.8 Å². The number of aryl methyl sites for hydroxylation is 1. The molecule has 1 heterocycles. The fraction of sp³-hybridized carbons (Fsp3) is 0.154. The number of nitrogens with one attached hydrogen (secondary N) is 2. The van der Waals surface area contributed by atoms with E-state index in [9.17, 15) is 9.59 Å². The minimum atomic E-state index is -0.884. The van der Waals surface area contributed by atoms with Crippen molar-refractivity contribution in [2.75, 3.05) is 17.7 Å². The molecule has 0 aliphatic rings. The van der Waals surface area contributed by atoms with E-state index in [1.54, 1.807) is 19.1 Å². The quantitative estimate of drug-likeness (QED) is 0.848. The first-order chi connectivity index (χ1) is 9.99. The van der Waals surface area contributed by atoms with Crippen LogP contribution in [0.4, 0.5) is 11.5 Å². The molecule has 0 spiro atoms. The summed E-state index contributed by atoms with van der Waals surface area (Å²) < 4.78 is 9.85. The maximum Gasteiger partial charge on any atom is 0.315 e. The fourth-order valence-corrected chi connectivity index (χ4v) is 1.73. The second kappa shape index (κ2) is 6.27. The summed E-state index contributed by atoms with van der Waals surface area (Å²) in [6.07, 6.45) is 0. The lowest BCUT2D eigenvalue weighted by Crippen LogP contribution is -2.29. The van der Waals surface area contributed by atoms with Crippen LogP contribution in [0, 0.1) is 6.92 Å². The summed E-state index contributed by atoms with van der Waals surface area (Å²) >= 11 is 5.84. The van der Waals surface area contributed by atoms with Gasteiger partial charge in [0.2, 0.25) is 0 Å². The molecule has 0 aliphatic heterocycles. The molecule has 0 fully saturated rings. The number of hydrogen-bond donors (Lipinski definition) is 2. The smallest absolute Gasteiger partial charge is 0.315 e. The van der Waals surface area contributed by atoms with E-state index in [1.807, 2.05) is 0 Å². The molecule has 1 aromatic heterocycles. The van der Waals surface area contributed by atoms with Crippen LogP contribution in [0.1, 0.15) is 5.76 Å². The van der Waals surface area contributed by atoms with Gasteiger partial charge in [0.25, 0.3) is 0 Å². The van der Waals surface area contributed by atoms with E-state index in [4.69, 9.17) is 20.9 Å². The number of amides is 2. The van der Waals surface area contributed by atoms with Gasteiger partial charge in [-0.3, -0.25) is 14.9 Å². The first-order valence-corrected chi connectivity index (χ1v) is 6.26. The molecule has 7 nitrogen and oxygen atoms in total. The summed E-state index contributed by atoms with van der Waals surface area (Å²) in [7, 11) is 1.44. The van der Waals surface area contributed by atoms with Crippen LogP contribution in [0.25, 0.3) is 0 Å². The molecule has 0 atom stereocenters. The van der Waals surface area contributed by atoms with Gasteiger partial charge >= 0.3 is 11.8 Å². The third-order valence-electron chi connectivity index (χ3n) is 2.49. The van der Waals surface area contributed by atoms with Gasteiger partial charge in [0, 0.05) is 11.1 Å². The Kier molecular flexibility index (Phi) is 4.44. The molecule has 0 saturated carbocycles. The number of ether oxygens (including phenoxy) is 1. The lowest BCUT2D eigenvalue weighted by Gasteiger charge is -2.09. The lowest BCUT2D eigenvalue weighted by atomic mass is 10.3. The SMILES string of the molecule is COc1ccc(Cl)cc1NC(=O)C(=O)Nc1cc(C)on1. The predicted molar refractivity (Wildman–Crippen MR) is 76.5 cm³/mol. The van der Waals surface area contributed by atoms with Crippen molar-refractivity contribution in [2.24, 2.45) is 0 Å². The van der Waals surface area contributed by atoms with Gasteiger partial charge in [-0.05, 0) is 25.1 Å². The third kappa shape index (κ3) is 3.73. The van der Waals surface area contributed by atoms with Crippen LogP contribution >= 0.6 is 11.6 Å². The number of carbonyl (C=O) groups excluding carboxylic acids is 2. The number of carbonyl (C=O) groups is 2. The molecule has 8 heteroatoms. The molecule has 110 valence electrons. The Labute approximate surface area is 125 Å². The Bertz CT molecular complexity index is 684. The predicted octanol–water partition coefficient (Wildman–Crippen LogP) is 2.22. The molecule has 21 heavy (non-hydrogen) atoms. The van der Waals surface area contributed by atoms with Crippen molar-refractivity contribution in [1.82, 2.24) is 5.16 Å². The van der Waals surface area contributed by atoms with Crippen LogP contribution in [-0.2, 0) is 9.59 Å². The first kappa shape index (κ1) is 14.9. The highest BCUT2D eigenvalue weighted by atomic mass is 35.5. The normalized spacial score (nSPS) is 10.0. The van der Waals surface area contributed by atoms with Gasteiger partial charge in [0.05, 0.1) is 12.8 Å². The first-order valence-electron chi connectivity index (χ1n) is 5.89. The molecular weight excluding hydrogens is 298 g/mol. The molecule has 0 saturated heterocycles. The highest BCUT2D eigenvalue weighted by Gasteiger charge is 2.17. The molecular formula is C13H12ClN3O4. The summed E-state index contributed by atoms with van der Waals surface area (Å²) in [6.45, 7) is 1.67. The Morgan fingerprint density at radius 3 is 2.57 bits per heavy atom. The number of hydrogen-bond acceptors (Lipinski definition) is 5. The highest BCUT2D eigenvalue weighted by molar-refractivity contribution is 6.43.